The van der Waals surface area contributed by atoms with Gasteiger partial charge in [-0.3, -0.25) is 9.59 Å². The maximum absolute atomic E-state index is 13.1. The number of hydrogen-bond acceptors (Lipinski definition) is 7. The maximum atomic E-state index is 13.1. The zero-order chi connectivity index (χ0) is 25.0. The van der Waals surface area contributed by atoms with Crippen LogP contribution in [0.4, 0.5) is 15.9 Å². The summed E-state index contributed by atoms with van der Waals surface area (Å²) >= 11 is 0. The highest BCUT2D eigenvalue weighted by molar-refractivity contribution is 7.90. The van der Waals surface area contributed by atoms with Crippen molar-refractivity contribution in [3.63, 3.8) is 0 Å². The monoisotopic (exact) mass is 497 g/mol. The van der Waals surface area contributed by atoms with E-state index in [2.05, 4.69) is 15.5 Å². The zero-order valence-electron chi connectivity index (χ0n) is 18.9. The van der Waals surface area contributed by atoms with Crippen molar-refractivity contribution in [1.82, 2.24) is 14.9 Å². The molecule has 0 saturated carbocycles. The summed E-state index contributed by atoms with van der Waals surface area (Å²) in [6.45, 7) is 2.32. The van der Waals surface area contributed by atoms with Gasteiger partial charge in [-0.25, -0.2) is 17.5 Å². The number of nitrogens with zero attached hydrogens (tertiary/aromatic N) is 3. The maximum Gasteiger partial charge on any atom is 0.264 e. The lowest BCUT2D eigenvalue weighted by Gasteiger charge is -2.32. The summed E-state index contributed by atoms with van der Waals surface area (Å²) in [5, 5.41) is 11.4. The minimum absolute atomic E-state index is 0.0720. The summed E-state index contributed by atoms with van der Waals surface area (Å²) in [4.78, 5) is 25.9. The van der Waals surface area contributed by atoms with Crippen LogP contribution in [-0.2, 0) is 19.6 Å². The van der Waals surface area contributed by atoms with Crippen molar-refractivity contribution in [1.29, 1.82) is 0 Å². The average Bonchev–Trinajstić information content (AvgIpc) is 2.84. The van der Waals surface area contributed by atoms with Crippen molar-refractivity contribution in [3.05, 3.63) is 66.5 Å². The first-order chi connectivity index (χ1) is 16.7. The molecule has 1 aliphatic rings. The van der Waals surface area contributed by atoms with E-state index in [0.29, 0.717) is 30.2 Å². The summed E-state index contributed by atoms with van der Waals surface area (Å²) in [7, 11) is -3.93. The van der Waals surface area contributed by atoms with Crippen LogP contribution in [0.2, 0.25) is 0 Å². The van der Waals surface area contributed by atoms with Crippen LogP contribution >= 0.6 is 0 Å². The predicted octanol–water partition coefficient (Wildman–Crippen LogP) is 2.96. The summed E-state index contributed by atoms with van der Waals surface area (Å²) in [5.41, 5.74) is 1.85. The molecule has 4 rings (SSSR count). The first-order valence-electron chi connectivity index (χ1n) is 11.0. The fraction of sp³-hybridized carbons (Fsp3) is 0.250. The molecule has 3 aromatic rings. The van der Waals surface area contributed by atoms with Gasteiger partial charge in [0.25, 0.3) is 10.0 Å². The normalized spacial score (nSPS) is 15.9. The predicted molar refractivity (Wildman–Crippen MR) is 128 cm³/mol. The molecule has 2 heterocycles. The first-order valence-corrected chi connectivity index (χ1v) is 12.5. The van der Waals surface area contributed by atoms with Crippen molar-refractivity contribution >= 4 is 33.3 Å². The largest absolute Gasteiger partial charge is 0.354 e. The van der Waals surface area contributed by atoms with Gasteiger partial charge in [0.05, 0.1) is 16.5 Å². The van der Waals surface area contributed by atoms with Gasteiger partial charge >= 0.3 is 0 Å². The Morgan fingerprint density at radius 3 is 2.34 bits per heavy atom. The van der Waals surface area contributed by atoms with Gasteiger partial charge in [0.2, 0.25) is 11.8 Å². The van der Waals surface area contributed by atoms with Gasteiger partial charge in [0.15, 0.2) is 5.82 Å². The molecule has 35 heavy (non-hydrogen) atoms. The van der Waals surface area contributed by atoms with E-state index in [-0.39, 0.29) is 22.5 Å². The van der Waals surface area contributed by atoms with E-state index in [9.17, 15) is 22.4 Å². The van der Waals surface area contributed by atoms with Crippen LogP contribution in [0.3, 0.4) is 0 Å². The molecule has 1 unspecified atom stereocenters. The summed E-state index contributed by atoms with van der Waals surface area (Å²) in [6.07, 6.45) is 1.51. The number of hydrogen-bond donors (Lipinski definition) is 2. The van der Waals surface area contributed by atoms with Gasteiger partial charge in [-0.15, -0.1) is 10.2 Å². The summed E-state index contributed by atoms with van der Waals surface area (Å²) in [5.74, 6) is -0.810. The molecule has 1 aromatic heterocycles. The Hall–Kier alpha value is -3.86. The molecular formula is C24H24FN5O4S. The van der Waals surface area contributed by atoms with Crippen LogP contribution in [0, 0.1) is 11.7 Å². The van der Waals surface area contributed by atoms with Gasteiger partial charge in [-0.1, -0.05) is 0 Å². The lowest BCUT2D eigenvalue weighted by atomic mass is 9.97. The smallest absolute Gasteiger partial charge is 0.264 e. The van der Waals surface area contributed by atoms with Gasteiger partial charge in [0, 0.05) is 31.3 Å². The summed E-state index contributed by atoms with van der Waals surface area (Å²) < 4.78 is 39.2. The average molecular weight is 498 g/mol. The number of piperidine rings is 1. The topological polar surface area (TPSA) is 121 Å². The molecule has 0 radical (unpaired) electrons. The highest BCUT2D eigenvalue weighted by atomic mass is 32.2. The van der Waals surface area contributed by atoms with Gasteiger partial charge in [0.1, 0.15) is 5.82 Å². The van der Waals surface area contributed by atoms with E-state index < -0.39 is 15.9 Å². The van der Waals surface area contributed by atoms with Gasteiger partial charge in [-0.2, -0.15) is 0 Å². The van der Waals surface area contributed by atoms with Crippen LogP contribution in [0.25, 0.3) is 11.3 Å². The highest BCUT2D eigenvalue weighted by Gasteiger charge is 2.27. The Kier molecular flexibility index (Phi) is 7.06. The van der Waals surface area contributed by atoms with Crippen molar-refractivity contribution in [2.45, 2.75) is 24.7 Å². The Bertz CT molecular complexity index is 1310. The van der Waals surface area contributed by atoms with Crippen LogP contribution < -0.4 is 14.9 Å². The second-order valence-corrected chi connectivity index (χ2v) is 9.93. The minimum atomic E-state index is -3.93. The Morgan fingerprint density at radius 2 is 1.71 bits per heavy atom. The van der Waals surface area contributed by atoms with Crippen molar-refractivity contribution < 1.29 is 22.4 Å². The lowest BCUT2D eigenvalue weighted by molar-refractivity contribution is -0.120. The number of carbonyl (C=O) groups excluding carboxylic acids is 2. The number of nitrogens with one attached hydrogen (secondary N) is 2. The molecule has 2 aromatic carbocycles. The third kappa shape index (κ3) is 5.99. The number of benzene rings is 2. The van der Waals surface area contributed by atoms with E-state index in [1.807, 2.05) is 21.8 Å². The molecule has 0 spiro atoms. The van der Waals surface area contributed by atoms with Crippen LogP contribution in [0.5, 0.6) is 0 Å². The lowest BCUT2D eigenvalue weighted by Crippen LogP contribution is -2.41. The molecule has 0 aliphatic carbocycles. The third-order valence-corrected chi connectivity index (χ3v) is 7.07. The molecule has 2 amide bonds. The molecule has 1 saturated heterocycles. The minimum Gasteiger partial charge on any atom is -0.354 e. The standard InChI is InChI=1S/C24H24FN5O4S/c1-16(31)29-35(33,34)21-10-8-20(9-11-21)26-24(32)18-3-2-14-30(15-18)23-13-12-22(27-28-23)17-4-6-19(25)7-5-17/h4-13,18H,2-3,14-15H2,1H3,(H,26,32)(H,29,31). The second-order valence-electron chi connectivity index (χ2n) is 8.24. The van der Waals surface area contributed by atoms with Crippen LogP contribution in [0.15, 0.2) is 65.6 Å². The fourth-order valence-electron chi connectivity index (χ4n) is 3.88. The number of carbonyl (C=O) groups is 2. The molecule has 182 valence electrons. The SMILES string of the molecule is CC(=O)NS(=O)(=O)c1ccc(NC(=O)C2CCCN(c3ccc(-c4ccc(F)cc4)nn3)C2)cc1. The second kappa shape index (κ2) is 10.2. The highest BCUT2D eigenvalue weighted by Crippen LogP contribution is 2.25. The Labute approximate surface area is 202 Å². The molecule has 9 nitrogen and oxygen atoms in total. The van der Waals surface area contributed by atoms with E-state index >= 15 is 0 Å². The number of sulfonamides is 1. The molecule has 2 N–H and O–H groups in total. The van der Waals surface area contributed by atoms with Crippen LogP contribution in [0.1, 0.15) is 19.8 Å². The fourth-order valence-corrected chi connectivity index (χ4v) is 4.87. The van der Waals surface area contributed by atoms with E-state index in [4.69, 9.17) is 0 Å². The van der Waals surface area contributed by atoms with Gasteiger partial charge < -0.3 is 10.2 Å². The van der Waals surface area contributed by atoms with E-state index in [1.165, 1.54) is 36.4 Å². The van der Waals surface area contributed by atoms with Crippen molar-refractivity contribution in [3.8, 4) is 11.3 Å². The Balaban J connectivity index is 1.38. The van der Waals surface area contributed by atoms with E-state index in [0.717, 1.165) is 25.5 Å². The van der Waals surface area contributed by atoms with Crippen molar-refractivity contribution in [2.24, 2.45) is 5.92 Å². The van der Waals surface area contributed by atoms with E-state index in [1.54, 1.807) is 12.1 Å². The van der Waals surface area contributed by atoms with Crippen molar-refractivity contribution in [2.75, 3.05) is 23.3 Å². The molecule has 1 fully saturated rings. The summed E-state index contributed by atoms with van der Waals surface area (Å²) in [6, 6.07) is 15.3. The molecule has 11 heteroatoms. The Morgan fingerprint density at radius 1 is 1.00 bits per heavy atom. The number of rotatable bonds is 6. The molecule has 1 atom stereocenters. The molecule has 1 aliphatic heterocycles. The number of halogens is 1. The molecule has 0 bridgehead atoms. The number of aromatic nitrogens is 2. The van der Waals surface area contributed by atoms with Gasteiger partial charge in [-0.05, 0) is 73.5 Å². The zero-order valence-corrected chi connectivity index (χ0v) is 19.8. The third-order valence-electron chi connectivity index (χ3n) is 5.62. The number of anilines is 2. The van der Waals surface area contributed by atoms with Crippen LogP contribution in [-0.4, -0.2) is 43.5 Å². The first kappa shape index (κ1) is 24.3. The molecular weight excluding hydrogens is 473 g/mol. The quantitative estimate of drug-likeness (QED) is 0.537. The number of amides is 2.